The highest BCUT2D eigenvalue weighted by Gasteiger charge is 2.25. The summed E-state index contributed by atoms with van der Waals surface area (Å²) in [6, 6.07) is 59.4. The minimum Gasteiger partial charge on any atom is -0.453 e. The van der Waals surface area contributed by atoms with E-state index in [2.05, 4.69) is 180 Å². The monoisotopic (exact) mass is 552 g/mol. The van der Waals surface area contributed by atoms with Gasteiger partial charge in [0.2, 0.25) is 0 Å². The van der Waals surface area contributed by atoms with E-state index in [0.29, 0.717) is 0 Å². The van der Waals surface area contributed by atoms with Crippen LogP contribution in [0.2, 0.25) is 0 Å². The molecule has 0 saturated heterocycles. The number of fused-ring (bicyclic) bond motifs is 5. The Morgan fingerprint density at radius 3 is 1.30 bits per heavy atom. The third-order valence-corrected chi connectivity index (χ3v) is 8.01. The predicted octanol–water partition coefficient (Wildman–Crippen LogP) is 11.7. The Balaban J connectivity index is 1.50. The Hall–Kier alpha value is -5.80. The van der Waals surface area contributed by atoms with Gasteiger partial charge in [0.25, 0.3) is 0 Å². The molecule has 0 saturated carbocycles. The molecule has 0 radical (unpaired) electrons. The second kappa shape index (κ2) is 10.6. The molecule has 0 aliphatic heterocycles. The molecule has 0 unspecified atom stereocenters. The zero-order valence-corrected chi connectivity index (χ0v) is 23.5. The highest BCUT2D eigenvalue weighted by atomic mass is 16.3. The van der Waals surface area contributed by atoms with Crippen LogP contribution in [0.15, 0.2) is 174 Å². The Morgan fingerprint density at radius 2 is 0.767 bits per heavy atom. The van der Waals surface area contributed by atoms with Gasteiger partial charge in [0, 0.05) is 33.5 Å². The van der Waals surface area contributed by atoms with Gasteiger partial charge in [-0.3, -0.25) is 0 Å². The summed E-state index contributed by atoms with van der Waals surface area (Å²) >= 11 is 0. The summed E-state index contributed by atoms with van der Waals surface area (Å²) in [6.45, 7) is 0. The van der Waals surface area contributed by atoms with E-state index in [4.69, 9.17) is 4.42 Å². The Labute approximate surface area is 250 Å². The van der Waals surface area contributed by atoms with Crippen LogP contribution in [0.4, 0.5) is 34.1 Å². The van der Waals surface area contributed by atoms with E-state index in [1.54, 1.807) is 0 Å². The first-order valence-corrected chi connectivity index (χ1v) is 14.5. The maximum Gasteiger partial charge on any atom is 0.161 e. The Kier molecular flexibility index (Phi) is 6.12. The summed E-state index contributed by atoms with van der Waals surface area (Å²) in [5.74, 6) is 0. The molecule has 43 heavy (non-hydrogen) atoms. The fourth-order valence-corrected chi connectivity index (χ4v) is 6.10. The average Bonchev–Trinajstić information content (AvgIpc) is 3.49. The number of hydrogen-bond donors (Lipinski definition) is 0. The number of benzene rings is 7. The van der Waals surface area contributed by atoms with E-state index in [9.17, 15) is 0 Å². The molecule has 8 rings (SSSR count). The van der Waals surface area contributed by atoms with Crippen LogP contribution in [0, 0.1) is 0 Å². The van der Waals surface area contributed by atoms with Crippen molar-refractivity contribution in [1.82, 2.24) is 0 Å². The third-order valence-electron chi connectivity index (χ3n) is 8.01. The van der Waals surface area contributed by atoms with Crippen molar-refractivity contribution < 1.29 is 4.42 Å². The van der Waals surface area contributed by atoms with E-state index in [0.717, 1.165) is 66.8 Å². The molecular formula is C40H28N2O. The first-order valence-electron chi connectivity index (χ1n) is 14.5. The second-order valence-corrected chi connectivity index (χ2v) is 10.6. The van der Waals surface area contributed by atoms with Gasteiger partial charge in [0.15, 0.2) is 5.58 Å². The maximum absolute atomic E-state index is 7.02. The largest absolute Gasteiger partial charge is 0.453 e. The summed E-state index contributed by atoms with van der Waals surface area (Å²) in [5, 5.41) is 4.42. The Bertz CT molecular complexity index is 2090. The third kappa shape index (κ3) is 4.30. The number of para-hydroxylation sites is 4. The molecule has 3 heteroatoms. The molecule has 0 aliphatic rings. The fourth-order valence-electron chi connectivity index (χ4n) is 6.10. The predicted molar refractivity (Wildman–Crippen MR) is 181 cm³/mol. The van der Waals surface area contributed by atoms with Crippen molar-refractivity contribution in [2.24, 2.45) is 0 Å². The van der Waals surface area contributed by atoms with Gasteiger partial charge >= 0.3 is 0 Å². The van der Waals surface area contributed by atoms with E-state index >= 15 is 0 Å². The highest BCUT2D eigenvalue weighted by molar-refractivity contribution is 6.22. The maximum atomic E-state index is 7.02. The molecule has 204 valence electrons. The second-order valence-electron chi connectivity index (χ2n) is 10.6. The molecule has 3 nitrogen and oxygen atoms in total. The standard InChI is InChI=1S/C40H28N2O/c1-5-16-30(17-6-1)41(31-18-7-2-8-19-31)36-27-28-37(42(32-20-9-3-10-21-32)33-22-11-4-12-23-33)40-38(36)35-26-25-29-15-13-14-24-34(29)39(35)43-40/h1-28H. The molecule has 0 N–H and O–H groups in total. The molecule has 0 amide bonds. The van der Waals surface area contributed by atoms with E-state index < -0.39 is 0 Å². The van der Waals surface area contributed by atoms with Crippen molar-refractivity contribution in [2.45, 2.75) is 0 Å². The molecule has 0 aliphatic carbocycles. The van der Waals surface area contributed by atoms with Crippen LogP contribution in [-0.2, 0) is 0 Å². The van der Waals surface area contributed by atoms with Crippen LogP contribution in [0.3, 0.4) is 0 Å². The topological polar surface area (TPSA) is 19.6 Å². The lowest BCUT2D eigenvalue weighted by Crippen LogP contribution is -2.12. The van der Waals surface area contributed by atoms with Gasteiger partial charge in [0.05, 0.1) is 16.8 Å². The van der Waals surface area contributed by atoms with Gasteiger partial charge in [-0.05, 0) is 72.1 Å². The van der Waals surface area contributed by atoms with E-state index in [-0.39, 0.29) is 0 Å². The van der Waals surface area contributed by atoms with E-state index in [1.807, 2.05) is 0 Å². The van der Waals surface area contributed by atoms with Gasteiger partial charge in [-0.15, -0.1) is 0 Å². The van der Waals surface area contributed by atoms with Gasteiger partial charge in [-0.1, -0.05) is 103 Å². The first kappa shape index (κ1) is 25.0. The molecular weight excluding hydrogens is 524 g/mol. The molecule has 0 bridgehead atoms. The van der Waals surface area contributed by atoms with Crippen LogP contribution >= 0.6 is 0 Å². The SMILES string of the molecule is c1ccc(N(c2ccccc2)c2ccc(N(c3ccccc3)c3ccccc3)c3c2oc2c4ccccc4ccc23)cc1. The van der Waals surface area contributed by atoms with Crippen molar-refractivity contribution >= 4 is 66.8 Å². The molecule has 0 fully saturated rings. The summed E-state index contributed by atoms with van der Waals surface area (Å²) < 4.78 is 7.02. The van der Waals surface area contributed by atoms with Crippen molar-refractivity contribution in [3.05, 3.63) is 170 Å². The van der Waals surface area contributed by atoms with Crippen molar-refractivity contribution in [1.29, 1.82) is 0 Å². The number of nitrogens with zero attached hydrogens (tertiary/aromatic N) is 2. The normalized spacial score (nSPS) is 11.3. The molecule has 0 spiro atoms. The van der Waals surface area contributed by atoms with Gasteiger partial charge in [-0.25, -0.2) is 0 Å². The molecule has 7 aromatic carbocycles. The van der Waals surface area contributed by atoms with Gasteiger partial charge in [0.1, 0.15) is 5.58 Å². The number of rotatable bonds is 6. The molecule has 8 aromatic rings. The fraction of sp³-hybridized carbons (Fsp3) is 0. The summed E-state index contributed by atoms with van der Waals surface area (Å²) in [4.78, 5) is 4.61. The Morgan fingerprint density at radius 1 is 0.326 bits per heavy atom. The first-order chi connectivity index (χ1) is 21.4. The quantitative estimate of drug-likeness (QED) is 0.205. The highest BCUT2D eigenvalue weighted by Crippen LogP contribution is 2.49. The van der Waals surface area contributed by atoms with E-state index in [1.165, 1.54) is 0 Å². The van der Waals surface area contributed by atoms with Gasteiger partial charge < -0.3 is 14.2 Å². The van der Waals surface area contributed by atoms with Crippen LogP contribution < -0.4 is 9.80 Å². The summed E-state index contributed by atoms with van der Waals surface area (Å²) in [6.07, 6.45) is 0. The van der Waals surface area contributed by atoms with Crippen LogP contribution in [0.1, 0.15) is 0 Å². The number of anilines is 6. The molecule has 1 heterocycles. The number of furan rings is 1. The summed E-state index contributed by atoms with van der Waals surface area (Å²) in [7, 11) is 0. The minimum absolute atomic E-state index is 0.841. The lowest BCUT2D eigenvalue weighted by Gasteiger charge is -2.29. The van der Waals surface area contributed by atoms with Gasteiger partial charge in [-0.2, -0.15) is 0 Å². The van der Waals surface area contributed by atoms with Crippen LogP contribution in [0.5, 0.6) is 0 Å². The minimum atomic E-state index is 0.841. The van der Waals surface area contributed by atoms with Crippen molar-refractivity contribution in [3.63, 3.8) is 0 Å². The lowest BCUT2D eigenvalue weighted by atomic mass is 10.0. The molecule has 1 aromatic heterocycles. The van der Waals surface area contributed by atoms with Crippen LogP contribution in [0.25, 0.3) is 32.7 Å². The zero-order chi connectivity index (χ0) is 28.6. The molecule has 0 atom stereocenters. The van der Waals surface area contributed by atoms with Crippen molar-refractivity contribution in [2.75, 3.05) is 9.80 Å². The van der Waals surface area contributed by atoms with Crippen LogP contribution in [-0.4, -0.2) is 0 Å². The average molecular weight is 553 g/mol. The lowest BCUT2D eigenvalue weighted by molar-refractivity contribution is 0.673. The number of hydrogen-bond acceptors (Lipinski definition) is 3. The van der Waals surface area contributed by atoms with Crippen molar-refractivity contribution in [3.8, 4) is 0 Å². The zero-order valence-electron chi connectivity index (χ0n) is 23.5. The summed E-state index contributed by atoms with van der Waals surface area (Å²) in [5.41, 5.74) is 8.08. The smallest absolute Gasteiger partial charge is 0.161 e.